The molecular formula is C24H26F3N5O. The number of halogens is 3. The average molecular weight is 458 g/mol. The Morgan fingerprint density at radius 2 is 1.76 bits per heavy atom. The molecule has 6 nitrogen and oxygen atoms in total. The Bertz CT molecular complexity index is 1070. The van der Waals surface area contributed by atoms with Gasteiger partial charge in [-0.3, -0.25) is 4.90 Å². The van der Waals surface area contributed by atoms with E-state index in [0.717, 1.165) is 43.2 Å². The van der Waals surface area contributed by atoms with Gasteiger partial charge in [-0.15, -0.1) is 0 Å². The number of benzene rings is 2. The minimum Gasteiger partial charge on any atom is -0.492 e. The van der Waals surface area contributed by atoms with Crippen molar-refractivity contribution in [3.63, 3.8) is 0 Å². The summed E-state index contributed by atoms with van der Waals surface area (Å²) in [4.78, 5) is 11.1. The largest absolute Gasteiger partial charge is 0.492 e. The first-order valence-electron chi connectivity index (χ1n) is 10.9. The first kappa shape index (κ1) is 22.8. The molecule has 0 aliphatic carbocycles. The van der Waals surface area contributed by atoms with Crippen LogP contribution >= 0.6 is 0 Å². The van der Waals surface area contributed by atoms with Crippen molar-refractivity contribution in [3.05, 3.63) is 65.9 Å². The molecule has 1 saturated heterocycles. The van der Waals surface area contributed by atoms with E-state index in [-0.39, 0.29) is 0 Å². The summed E-state index contributed by atoms with van der Waals surface area (Å²) in [5.41, 5.74) is 1.06. The number of ether oxygens (including phenoxy) is 1. The highest BCUT2D eigenvalue weighted by Crippen LogP contribution is 2.31. The Kier molecular flexibility index (Phi) is 6.98. The molecule has 2 aromatic carbocycles. The normalized spacial score (nSPS) is 14.3. The van der Waals surface area contributed by atoms with Gasteiger partial charge in [-0.2, -0.15) is 18.2 Å². The number of anilines is 4. The highest BCUT2D eigenvalue weighted by Gasteiger charge is 2.30. The fourth-order valence-electron chi connectivity index (χ4n) is 3.60. The number of hydrogen-bond acceptors (Lipinski definition) is 6. The molecule has 1 aliphatic heterocycles. The monoisotopic (exact) mass is 457 g/mol. The predicted octanol–water partition coefficient (Wildman–Crippen LogP) is 5.77. The van der Waals surface area contributed by atoms with Gasteiger partial charge in [-0.05, 0) is 75.3 Å². The smallest absolute Gasteiger partial charge is 0.416 e. The van der Waals surface area contributed by atoms with E-state index in [4.69, 9.17) is 4.74 Å². The minimum atomic E-state index is -4.41. The Labute approximate surface area is 190 Å². The van der Waals surface area contributed by atoms with Crippen LogP contribution < -0.4 is 15.4 Å². The summed E-state index contributed by atoms with van der Waals surface area (Å²) in [6, 6.07) is 12.5. The van der Waals surface area contributed by atoms with Crippen molar-refractivity contribution in [3.8, 4) is 5.75 Å². The molecule has 0 saturated carbocycles. The van der Waals surface area contributed by atoms with Crippen molar-refractivity contribution in [2.24, 2.45) is 0 Å². The standard InChI is InChI=1S/C24H26F3N5O/c1-17-16-28-23(31-22(17)29-20-6-4-5-18(15-20)24(25,26)27)30-19-7-9-21(10-8-19)33-14-13-32-11-2-3-12-32/h4-10,15-16H,2-3,11-14H2,1H3,(H2,28,29,30,31). The van der Waals surface area contributed by atoms with Gasteiger partial charge < -0.3 is 15.4 Å². The Morgan fingerprint density at radius 1 is 1.00 bits per heavy atom. The summed E-state index contributed by atoms with van der Waals surface area (Å²) in [6.07, 6.45) is -0.270. The van der Waals surface area contributed by atoms with Crippen LogP contribution in [0.15, 0.2) is 54.7 Å². The van der Waals surface area contributed by atoms with E-state index in [1.165, 1.54) is 18.9 Å². The Hall–Kier alpha value is -3.33. The first-order valence-corrected chi connectivity index (χ1v) is 10.9. The fourth-order valence-corrected chi connectivity index (χ4v) is 3.60. The topological polar surface area (TPSA) is 62.3 Å². The number of nitrogens with zero attached hydrogens (tertiary/aromatic N) is 3. The van der Waals surface area contributed by atoms with Crippen LogP contribution in [0.3, 0.4) is 0 Å². The molecule has 1 aromatic heterocycles. The summed E-state index contributed by atoms with van der Waals surface area (Å²) in [5, 5.41) is 6.07. The van der Waals surface area contributed by atoms with E-state index in [1.807, 2.05) is 24.3 Å². The molecule has 0 amide bonds. The summed E-state index contributed by atoms with van der Waals surface area (Å²) in [7, 11) is 0. The highest BCUT2D eigenvalue weighted by molar-refractivity contribution is 5.62. The molecule has 0 bridgehead atoms. The van der Waals surface area contributed by atoms with Crippen molar-refractivity contribution >= 4 is 23.1 Å². The molecule has 0 radical (unpaired) electrons. The Balaban J connectivity index is 1.37. The second-order valence-corrected chi connectivity index (χ2v) is 7.98. The second-order valence-electron chi connectivity index (χ2n) is 7.98. The third-order valence-corrected chi connectivity index (χ3v) is 5.41. The number of likely N-dealkylation sites (tertiary alicyclic amines) is 1. The third-order valence-electron chi connectivity index (χ3n) is 5.41. The van der Waals surface area contributed by atoms with Gasteiger partial charge in [0.05, 0.1) is 5.56 Å². The zero-order chi connectivity index (χ0) is 23.3. The fraction of sp³-hybridized carbons (Fsp3) is 0.333. The van der Waals surface area contributed by atoms with Crippen molar-refractivity contribution in [2.45, 2.75) is 25.9 Å². The van der Waals surface area contributed by atoms with Crippen LogP contribution in [0.2, 0.25) is 0 Å². The number of rotatable bonds is 8. The molecule has 33 heavy (non-hydrogen) atoms. The van der Waals surface area contributed by atoms with Crippen molar-refractivity contribution in [2.75, 3.05) is 36.9 Å². The molecule has 0 unspecified atom stereocenters. The van der Waals surface area contributed by atoms with Gasteiger partial charge in [0, 0.05) is 29.7 Å². The van der Waals surface area contributed by atoms with Gasteiger partial charge in [-0.1, -0.05) is 6.07 Å². The van der Waals surface area contributed by atoms with Crippen LogP contribution in [0.25, 0.3) is 0 Å². The molecule has 9 heteroatoms. The highest BCUT2D eigenvalue weighted by atomic mass is 19.4. The zero-order valence-electron chi connectivity index (χ0n) is 18.3. The van der Waals surface area contributed by atoms with Crippen LogP contribution in [-0.2, 0) is 6.18 Å². The van der Waals surface area contributed by atoms with Gasteiger partial charge in [-0.25, -0.2) is 4.98 Å². The molecule has 0 atom stereocenters. The lowest BCUT2D eigenvalue weighted by molar-refractivity contribution is -0.137. The molecule has 1 aliphatic rings. The summed E-state index contributed by atoms with van der Waals surface area (Å²) < 4.78 is 44.8. The SMILES string of the molecule is Cc1cnc(Nc2ccc(OCCN3CCCC3)cc2)nc1Nc1cccc(C(F)(F)F)c1. The molecular weight excluding hydrogens is 431 g/mol. The number of aryl methyl sites for hydroxylation is 1. The van der Waals surface area contributed by atoms with Gasteiger partial charge in [0.25, 0.3) is 0 Å². The molecule has 1 fully saturated rings. The number of alkyl halides is 3. The van der Waals surface area contributed by atoms with Gasteiger partial charge in [0.15, 0.2) is 0 Å². The minimum absolute atomic E-state index is 0.299. The predicted molar refractivity (Wildman–Crippen MR) is 122 cm³/mol. The lowest BCUT2D eigenvalue weighted by Crippen LogP contribution is -2.25. The van der Waals surface area contributed by atoms with Crippen molar-refractivity contribution in [1.82, 2.24) is 14.9 Å². The van der Waals surface area contributed by atoms with Crippen LogP contribution in [0.5, 0.6) is 5.75 Å². The van der Waals surface area contributed by atoms with Crippen LogP contribution in [0.4, 0.5) is 36.3 Å². The molecule has 3 aromatic rings. The number of nitrogens with one attached hydrogen (secondary N) is 2. The van der Waals surface area contributed by atoms with E-state index in [1.54, 1.807) is 19.2 Å². The lowest BCUT2D eigenvalue weighted by atomic mass is 10.2. The molecule has 174 valence electrons. The first-order chi connectivity index (χ1) is 15.9. The second kappa shape index (κ2) is 10.1. The van der Waals surface area contributed by atoms with E-state index in [0.29, 0.717) is 29.6 Å². The number of aromatic nitrogens is 2. The van der Waals surface area contributed by atoms with E-state index in [9.17, 15) is 13.2 Å². The zero-order valence-corrected chi connectivity index (χ0v) is 18.3. The third kappa shape index (κ3) is 6.35. The van der Waals surface area contributed by atoms with E-state index < -0.39 is 11.7 Å². The lowest BCUT2D eigenvalue weighted by Gasteiger charge is -2.15. The quantitative estimate of drug-likeness (QED) is 0.448. The van der Waals surface area contributed by atoms with Crippen LogP contribution in [0.1, 0.15) is 24.0 Å². The molecule has 2 heterocycles. The molecule has 4 rings (SSSR count). The number of hydrogen-bond donors (Lipinski definition) is 2. The maximum Gasteiger partial charge on any atom is 0.416 e. The van der Waals surface area contributed by atoms with Crippen LogP contribution in [0, 0.1) is 6.92 Å². The molecule has 2 N–H and O–H groups in total. The van der Waals surface area contributed by atoms with E-state index in [2.05, 4.69) is 25.5 Å². The van der Waals surface area contributed by atoms with Crippen molar-refractivity contribution < 1.29 is 17.9 Å². The van der Waals surface area contributed by atoms with Gasteiger partial charge in [0.2, 0.25) is 5.95 Å². The maximum absolute atomic E-state index is 13.0. The van der Waals surface area contributed by atoms with Gasteiger partial charge in [0.1, 0.15) is 18.2 Å². The summed E-state index contributed by atoms with van der Waals surface area (Å²) in [5.74, 6) is 1.54. The average Bonchev–Trinajstić information content (AvgIpc) is 3.30. The van der Waals surface area contributed by atoms with E-state index >= 15 is 0 Å². The van der Waals surface area contributed by atoms with Gasteiger partial charge >= 0.3 is 6.18 Å². The van der Waals surface area contributed by atoms with Crippen LogP contribution in [-0.4, -0.2) is 41.1 Å². The summed E-state index contributed by atoms with van der Waals surface area (Å²) in [6.45, 7) is 5.66. The summed E-state index contributed by atoms with van der Waals surface area (Å²) >= 11 is 0. The maximum atomic E-state index is 13.0. The molecule has 0 spiro atoms. The Morgan fingerprint density at radius 3 is 2.48 bits per heavy atom. The van der Waals surface area contributed by atoms with Crippen molar-refractivity contribution in [1.29, 1.82) is 0 Å².